The average molecular weight is 323 g/mol. The number of aromatic amines is 1. The van der Waals surface area contributed by atoms with Crippen LogP contribution in [0, 0.1) is 0 Å². The van der Waals surface area contributed by atoms with Crippen LogP contribution in [0.5, 0.6) is 0 Å². The number of morpholine rings is 1. The van der Waals surface area contributed by atoms with Crippen molar-refractivity contribution in [3.63, 3.8) is 0 Å². The summed E-state index contributed by atoms with van der Waals surface area (Å²) in [6.07, 6.45) is 1.36. The number of anilines is 1. The van der Waals surface area contributed by atoms with E-state index in [-0.39, 0.29) is 12.0 Å². The maximum Gasteiger partial charge on any atom is 0.254 e. The molecule has 3 aromatic rings. The molecule has 1 aliphatic rings. The molecule has 2 aromatic heterocycles. The van der Waals surface area contributed by atoms with Crippen LogP contribution in [0.3, 0.4) is 0 Å². The highest BCUT2D eigenvalue weighted by Gasteiger charge is 2.27. The normalized spacial score (nSPS) is 18.0. The molecule has 4 rings (SSSR count). The summed E-state index contributed by atoms with van der Waals surface area (Å²) in [6.45, 7) is 1.48. The predicted octanol–water partition coefficient (Wildman–Crippen LogP) is 1.75. The monoisotopic (exact) mass is 323 g/mol. The van der Waals surface area contributed by atoms with Crippen molar-refractivity contribution in [2.45, 2.75) is 6.10 Å². The lowest BCUT2D eigenvalue weighted by atomic mass is 10.1. The minimum atomic E-state index is -0.262. The Morgan fingerprint density at radius 1 is 1.33 bits per heavy atom. The van der Waals surface area contributed by atoms with Crippen LogP contribution < -0.4 is 5.73 Å². The van der Waals surface area contributed by atoms with Crippen molar-refractivity contribution < 1.29 is 9.53 Å². The number of nitrogens with one attached hydrogen (secondary N) is 1. The topological polar surface area (TPSA) is 97.1 Å². The number of carbonyl (C=O) groups excluding carboxylic acids is 1. The van der Waals surface area contributed by atoms with Crippen LogP contribution in [0.4, 0.5) is 5.82 Å². The molecule has 3 heterocycles. The first-order valence-corrected chi connectivity index (χ1v) is 7.77. The molecular formula is C17H17N5O2. The molecule has 0 bridgehead atoms. The highest BCUT2D eigenvalue weighted by Crippen LogP contribution is 2.23. The summed E-state index contributed by atoms with van der Waals surface area (Å²) in [4.78, 5) is 26.1. The van der Waals surface area contributed by atoms with E-state index in [1.165, 1.54) is 0 Å². The van der Waals surface area contributed by atoms with Gasteiger partial charge in [-0.3, -0.25) is 4.79 Å². The van der Waals surface area contributed by atoms with E-state index in [1.807, 2.05) is 24.3 Å². The van der Waals surface area contributed by atoms with Crippen molar-refractivity contribution in [2.24, 2.45) is 0 Å². The summed E-state index contributed by atoms with van der Waals surface area (Å²) in [5.74, 6) is 0.424. The van der Waals surface area contributed by atoms with Crippen LogP contribution in [0.25, 0.3) is 11.0 Å². The van der Waals surface area contributed by atoms with Gasteiger partial charge in [-0.25, -0.2) is 9.97 Å². The van der Waals surface area contributed by atoms with Crippen molar-refractivity contribution in [1.29, 1.82) is 0 Å². The van der Waals surface area contributed by atoms with Crippen LogP contribution in [-0.4, -0.2) is 45.5 Å². The molecule has 0 saturated carbocycles. The zero-order valence-corrected chi connectivity index (χ0v) is 13.0. The summed E-state index contributed by atoms with van der Waals surface area (Å²) in [5.41, 5.74) is 8.81. The molecule has 24 heavy (non-hydrogen) atoms. The van der Waals surface area contributed by atoms with Gasteiger partial charge in [-0.05, 0) is 30.3 Å². The van der Waals surface area contributed by atoms with Crippen LogP contribution in [-0.2, 0) is 4.74 Å². The third-order valence-electron chi connectivity index (χ3n) is 4.14. The molecule has 0 radical (unpaired) electrons. The summed E-state index contributed by atoms with van der Waals surface area (Å²) in [5, 5.41) is 0. The van der Waals surface area contributed by atoms with E-state index >= 15 is 0 Å². The minimum absolute atomic E-state index is 0.0243. The number of benzene rings is 1. The number of imidazole rings is 1. The number of rotatable bonds is 2. The SMILES string of the molecule is Nc1cccc(C2CN(C(=O)c3ccc4nc[nH]c4c3)CCO2)n1. The number of carbonyl (C=O) groups is 1. The van der Waals surface area contributed by atoms with E-state index in [2.05, 4.69) is 15.0 Å². The summed E-state index contributed by atoms with van der Waals surface area (Å²) in [6, 6.07) is 10.9. The molecule has 1 aromatic carbocycles. The molecule has 3 N–H and O–H groups in total. The van der Waals surface area contributed by atoms with E-state index in [1.54, 1.807) is 23.4 Å². The Labute approximate surface area is 138 Å². The van der Waals surface area contributed by atoms with Gasteiger partial charge < -0.3 is 20.4 Å². The molecule has 1 fully saturated rings. The van der Waals surface area contributed by atoms with Gasteiger partial charge in [-0.1, -0.05) is 6.07 Å². The molecule has 7 heteroatoms. The number of pyridine rings is 1. The number of H-pyrrole nitrogens is 1. The minimum Gasteiger partial charge on any atom is -0.384 e. The number of hydrogen-bond acceptors (Lipinski definition) is 5. The van der Waals surface area contributed by atoms with Crippen molar-refractivity contribution in [1.82, 2.24) is 19.9 Å². The van der Waals surface area contributed by atoms with E-state index in [0.29, 0.717) is 31.1 Å². The fraction of sp³-hybridized carbons (Fsp3) is 0.235. The maximum atomic E-state index is 12.8. The fourth-order valence-electron chi connectivity index (χ4n) is 2.91. The Morgan fingerprint density at radius 3 is 3.12 bits per heavy atom. The number of hydrogen-bond donors (Lipinski definition) is 2. The first-order chi connectivity index (χ1) is 11.7. The van der Waals surface area contributed by atoms with Gasteiger partial charge in [0.05, 0.1) is 36.2 Å². The highest BCUT2D eigenvalue weighted by molar-refractivity contribution is 5.97. The number of amides is 1. The van der Waals surface area contributed by atoms with Crippen LogP contribution in [0.2, 0.25) is 0 Å². The fourth-order valence-corrected chi connectivity index (χ4v) is 2.91. The molecule has 122 valence electrons. The zero-order valence-electron chi connectivity index (χ0n) is 13.0. The lowest BCUT2D eigenvalue weighted by Gasteiger charge is -2.32. The molecule has 0 aliphatic carbocycles. The van der Waals surface area contributed by atoms with Crippen LogP contribution >= 0.6 is 0 Å². The van der Waals surface area contributed by atoms with E-state index < -0.39 is 0 Å². The Bertz CT molecular complexity index is 891. The lowest BCUT2D eigenvalue weighted by Crippen LogP contribution is -2.42. The number of nitrogens with two attached hydrogens (primary N) is 1. The third-order valence-corrected chi connectivity index (χ3v) is 4.14. The lowest BCUT2D eigenvalue weighted by molar-refractivity contribution is -0.0246. The molecule has 1 saturated heterocycles. The van der Waals surface area contributed by atoms with Crippen molar-refractivity contribution >= 4 is 22.8 Å². The average Bonchev–Trinajstić information content (AvgIpc) is 3.09. The Balaban J connectivity index is 1.55. The van der Waals surface area contributed by atoms with Crippen LogP contribution in [0.1, 0.15) is 22.2 Å². The summed E-state index contributed by atoms with van der Waals surface area (Å²) in [7, 11) is 0. The molecular weight excluding hydrogens is 306 g/mol. The number of ether oxygens (including phenoxy) is 1. The Kier molecular flexibility index (Phi) is 3.62. The van der Waals surface area contributed by atoms with Crippen molar-refractivity contribution in [3.8, 4) is 0 Å². The standard InChI is InChI=1S/C17H17N5O2/c18-16-3-1-2-13(21-16)15-9-22(6-7-24-15)17(23)11-4-5-12-14(8-11)20-10-19-12/h1-5,8,10,15H,6-7,9H2,(H2,18,21)(H,19,20). The molecule has 1 amide bonds. The van der Waals surface area contributed by atoms with Gasteiger partial charge in [0.2, 0.25) is 0 Å². The van der Waals surface area contributed by atoms with Gasteiger partial charge >= 0.3 is 0 Å². The number of fused-ring (bicyclic) bond motifs is 1. The van der Waals surface area contributed by atoms with Gasteiger partial charge in [0.25, 0.3) is 5.91 Å². The molecule has 1 aliphatic heterocycles. The molecule has 1 atom stereocenters. The molecule has 0 spiro atoms. The Morgan fingerprint density at radius 2 is 2.25 bits per heavy atom. The van der Waals surface area contributed by atoms with Gasteiger partial charge in [-0.15, -0.1) is 0 Å². The largest absolute Gasteiger partial charge is 0.384 e. The third kappa shape index (κ3) is 2.69. The van der Waals surface area contributed by atoms with Gasteiger partial charge in [0.15, 0.2) is 0 Å². The smallest absolute Gasteiger partial charge is 0.254 e. The number of aromatic nitrogens is 3. The first kappa shape index (κ1) is 14.6. The van der Waals surface area contributed by atoms with Gasteiger partial charge in [0, 0.05) is 12.1 Å². The van der Waals surface area contributed by atoms with E-state index in [9.17, 15) is 4.79 Å². The summed E-state index contributed by atoms with van der Waals surface area (Å²) >= 11 is 0. The van der Waals surface area contributed by atoms with Gasteiger partial charge in [-0.2, -0.15) is 0 Å². The molecule has 1 unspecified atom stereocenters. The molecule has 7 nitrogen and oxygen atoms in total. The highest BCUT2D eigenvalue weighted by atomic mass is 16.5. The zero-order chi connectivity index (χ0) is 16.5. The second-order valence-electron chi connectivity index (χ2n) is 5.73. The summed E-state index contributed by atoms with van der Waals surface area (Å²) < 4.78 is 5.77. The second-order valence-corrected chi connectivity index (χ2v) is 5.73. The first-order valence-electron chi connectivity index (χ1n) is 7.77. The van der Waals surface area contributed by atoms with Crippen LogP contribution in [0.15, 0.2) is 42.7 Å². The van der Waals surface area contributed by atoms with Crippen molar-refractivity contribution in [2.75, 3.05) is 25.4 Å². The van der Waals surface area contributed by atoms with Crippen molar-refractivity contribution in [3.05, 3.63) is 54.0 Å². The second kappa shape index (κ2) is 5.93. The quantitative estimate of drug-likeness (QED) is 0.749. The maximum absolute atomic E-state index is 12.8. The van der Waals surface area contributed by atoms with Gasteiger partial charge in [0.1, 0.15) is 11.9 Å². The number of nitrogens with zero attached hydrogens (tertiary/aromatic N) is 3. The van der Waals surface area contributed by atoms with E-state index in [0.717, 1.165) is 16.7 Å². The number of nitrogen functional groups attached to an aromatic ring is 1. The Hall–Kier alpha value is -2.93. The predicted molar refractivity (Wildman–Crippen MR) is 89.3 cm³/mol. The van der Waals surface area contributed by atoms with E-state index in [4.69, 9.17) is 10.5 Å².